The van der Waals surface area contributed by atoms with Crippen LogP contribution in [0.25, 0.3) is 0 Å². The molecule has 2 aromatic carbocycles. The van der Waals surface area contributed by atoms with E-state index in [-0.39, 0.29) is 6.17 Å². The van der Waals surface area contributed by atoms with Crippen LogP contribution in [0.4, 0.5) is 0 Å². The average Bonchev–Trinajstić information content (AvgIpc) is 3.26. The van der Waals surface area contributed by atoms with Crippen LogP contribution in [0, 0.1) is 6.92 Å². The fraction of sp³-hybridized carbons (Fsp3) is 0.348. The van der Waals surface area contributed by atoms with Gasteiger partial charge in [0.25, 0.3) is 0 Å². The third kappa shape index (κ3) is 4.11. The van der Waals surface area contributed by atoms with Crippen molar-refractivity contribution in [2.75, 3.05) is 33.3 Å². The molecule has 1 saturated heterocycles. The number of ether oxygens (including phenoxy) is 1. The molecule has 146 valence electrons. The molecular formula is C23H28N4O. The highest BCUT2D eigenvalue weighted by Crippen LogP contribution is 2.26. The van der Waals surface area contributed by atoms with Gasteiger partial charge < -0.3 is 4.74 Å². The van der Waals surface area contributed by atoms with Crippen LogP contribution in [0.15, 0.2) is 67.0 Å². The van der Waals surface area contributed by atoms with Gasteiger partial charge in [0.15, 0.2) is 0 Å². The van der Waals surface area contributed by atoms with Crippen molar-refractivity contribution in [3.63, 3.8) is 0 Å². The summed E-state index contributed by atoms with van der Waals surface area (Å²) in [6.45, 7) is 7.32. The molecule has 0 aliphatic carbocycles. The van der Waals surface area contributed by atoms with Gasteiger partial charge in [-0.1, -0.05) is 36.4 Å². The molecule has 0 radical (unpaired) electrons. The topological polar surface area (TPSA) is 33.5 Å². The van der Waals surface area contributed by atoms with Gasteiger partial charge >= 0.3 is 0 Å². The highest BCUT2D eigenvalue weighted by atomic mass is 16.5. The Kier molecular flexibility index (Phi) is 5.74. The smallest absolute Gasteiger partial charge is 0.130 e. The summed E-state index contributed by atoms with van der Waals surface area (Å²) in [5.41, 5.74) is 3.97. The Bertz CT molecular complexity index is 868. The van der Waals surface area contributed by atoms with E-state index in [9.17, 15) is 0 Å². The average molecular weight is 377 g/mol. The Morgan fingerprint density at radius 3 is 2.36 bits per heavy atom. The van der Waals surface area contributed by atoms with Crippen molar-refractivity contribution in [2.24, 2.45) is 0 Å². The van der Waals surface area contributed by atoms with Gasteiger partial charge in [-0.25, -0.2) is 0 Å². The molecular weight excluding hydrogens is 348 g/mol. The largest absolute Gasteiger partial charge is 0.497 e. The number of methoxy groups -OCH3 is 1. The molecule has 0 spiro atoms. The van der Waals surface area contributed by atoms with E-state index in [4.69, 9.17) is 4.74 Å². The zero-order valence-electron chi connectivity index (χ0n) is 16.7. The van der Waals surface area contributed by atoms with Crippen molar-refractivity contribution in [3.05, 3.63) is 83.7 Å². The van der Waals surface area contributed by atoms with Gasteiger partial charge in [-0.3, -0.25) is 14.5 Å². The Labute approximate surface area is 167 Å². The lowest BCUT2D eigenvalue weighted by Gasteiger charge is -2.39. The second kappa shape index (κ2) is 8.59. The third-order valence-electron chi connectivity index (χ3n) is 5.56. The fourth-order valence-corrected chi connectivity index (χ4v) is 3.96. The summed E-state index contributed by atoms with van der Waals surface area (Å²) < 4.78 is 7.34. The molecule has 5 nitrogen and oxygen atoms in total. The Morgan fingerprint density at radius 1 is 0.964 bits per heavy atom. The van der Waals surface area contributed by atoms with Crippen LogP contribution < -0.4 is 4.74 Å². The molecule has 4 rings (SSSR count). The summed E-state index contributed by atoms with van der Waals surface area (Å²) in [5, 5.41) is 4.56. The summed E-state index contributed by atoms with van der Waals surface area (Å²) >= 11 is 0. The molecule has 0 amide bonds. The second-order valence-electron chi connectivity index (χ2n) is 7.38. The Hall–Kier alpha value is -2.63. The zero-order valence-corrected chi connectivity index (χ0v) is 16.7. The molecule has 0 N–H and O–H groups in total. The van der Waals surface area contributed by atoms with Crippen LogP contribution in [-0.2, 0) is 6.54 Å². The molecule has 3 aromatic rings. The van der Waals surface area contributed by atoms with E-state index in [0.29, 0.717) is 0 Å². The molecule has 1 aliphatic rings. The highest BCUT2D eigenvalue weighted by molar-refractivity contribution is 5.29. The molecule has 1 aliphatic heterocycles. The van der Waals surface area contributed by atoms with Crippen LogP contribution in [0.2, 0.25) is 0 Å². The van der Waals surface area contributed by atoms with Gasteiger partial charge in [-0.05, 0) is 41.8 Å². The van der Waals surface area contributed by atoms with Crippen molar-refractivity contribution in [1.29, 1.82) is 0 Å². The zero-order chi connectivity index (χ0) is 19.3. The third-order valence-corrected chi connectivity index (χ3v) is 5.56. The lowest BCUT2D eigenvalue weighted by molar-refractivity contribution is 0.0739. The van der Waals surface area contributed by atoms with E-state index < -0.39 is 0 Å². The predicted octanol–water partition coefficient (Wildman–Crippen LogP) is 3.56. The number of aromatic nitrogens is 2. The second-order valence-corrected chi connectivity index (χ2v) is 7.38. The van der Waals surface area contributed by atoms with Crippen molar-refractivity contribution in [2.45, 2.75) is 19.6 Å². The summed E-state index contributed by atoms with van der Waals surface area (Å²) in [7, 11) is 1.71. The predicted molar refractivity (Wildman–Crippen MR) is 111 cm³/mol. The fourth-order valence-electron chi connectivity index (χ4n) is 3.96. The van der Waals surface area contributed by atoms with Gasteiger partial charge in [-0.15, -0.1) is 0 Å². The van der Waals surface area contributed by atoms with Crippen molar-refractivity contribution in [3.8, 4) is 5.75 Å². The summed E-state index contributed by atoms with van der Waals surface area (Å²) in [4.78, 5) is 5.07. The minimum Gasteiger partial charge on any atom is -0.497 e. The van der Waals surface area contributed by atoms with E-state index >= 15 is 0 Å². The van der Waals surface area contributed by atoms with Gasteiger partial charge in [0.05, 0.1) is 7.11 Å². The first-order valence-corrected chi connectivity index (χ1v) is 9.88. The minimum absolute atomic E-state index is 0.152. The lowest BCUT2D eigenvalue weighted by atomic mass is 10.0. The van der Waals surface area contributed by atoms with Crippen LogP contribution in [0.1, 0.15) is 22.9 Å². The van der Waals surface area contributed by atoms with Gasteiger partial charge in [0.2, 0.25) is 0 Å². The molecule has 2 heterocycles. The van der Waals surface area contributed by atoms with Gasteiger partial charge in [0.1, 0.15) is 11.9 Å². The standard InChI is InChI=1S/C23H28N4O/c1-19-6-3-4-7-22(19)23(27-13-5-12-24-27)26-16-14-25(15-17-26)18-20-8-10-21(28-2)11-9-20/h3-13,23H,14-18H2,1-2H3. The van der Waals surface area contributed by atoms with E-state index in [1.165, 1.54) is 16.7 Å². The number of nitrogens with zero attached hydrogens (tertiary/aromatic N) is 4. The molecule has 0 saturated carbocycles. The lowest BCUT2D eigenvalue weighted by Crippen LogP contribution is -2.48. The van der Waals surface area contributed by atoms with Crippen LogP contribution in [-0.4, -0.2) is 52.9 Å². The van der Waals surface area contributed by atoms with E-state index in [0.717, 1.165) is 38.5 Å². The van der Waals surface area contributed by atoms with E-state index in [2.05, 4.69) is 69.1 Å². The minimum atomic E-state index is 0.152. The summed E-state index contributed by atoms with van der Waals surface area (Å²) in [6, 6.07) is 19.0. The SMILES string of the molecule is COc1ccc(CN2CCN(C(c3ccccc3C)n3cccn3)CC2)cc1. The van der Waals surface area contributed by atoms with Crippen molar-refractivity contribution in [1.82, 2.24) is 19.6 Å². The molecule has 1 atom stereocenters. The van der Waals surface area contributed by atoms with Gasteiger partial charge in [-0.2, -0.15) is 5.10 Å². The molecule has 5 heteroatoms. The van der Waals surface area contributed by atoms with E-state index in [1.54, 1.807) is 7.11 Å². The van der Waals surface area contributed by atoms with Crippen molar-refractivity contribution >= 4 is 0 Å². The first-order valence-electron chi connectivity index (χ1n) is 9.88. The first kappa shape index (κ1) is 18.7. The highest BCUT2D eigenvalue weighted by Gasteiger charge is 2.27. The summed E-state index contributed by atoms with van der Waals surface area (Å²) in [5.74, 6) is 0.911. The van der Waals surface area contributed by atoms with Crippen LogP contribution in [0.5, 0.6) is 5.75 Å². The number of rotatable bonds is 6. The monoisotopic (exact) mass is 376 g/mol. The van der Waals surface area contributed by atoms with Crippen LogP contribution >= 0.6 is 0 Å². The van der Waals surface area contributed by atoms with Crippen LogP contribution in [0.3, 0.4) is 0 Å². The van der Waals surface area contributed by atoms with Gasteiger partial charge in [0, 0.05) is 45.1 Å². The maximum absolute atomic E-state index is 5.26. The molecule has 1 aromatic heterocycles. The normalized spacial score (nSPS) is 16.8. The Balaban J connectivity index is 1.45. The first-order chi connectivity index (χ1) is 13.7. The Morgan fingerprint density at radius 2 is 1.71 bits per heavy atom. The number of hydrogen-bond acceptors (Lipinski definition) is 4. The molecule has 1 fully saturated rings. The molecule has 28 heavy (non-hydrogen) atoms. The maximum Gasteiger partial charge on any atom is 0.130 e. The van der Waals surface area contributed by atoms with Crippen molar-refractivity contribution < 1.29 is 4.74 Å². The number of aryl methyl sites for hydroxylation is 1. The quantitative estimate of drug-likeness (QED) is 0.659. The molecule has 1 unspecified atom stereocenters. The summed E-state index contributed by atoms with van der Waals surface area (Å²) in [6.07, 6.45) is 4.09. The maximum atomic E-state index is 5.26. The number of hydrogen-bond donors (Lipinski definition) is 0. The molecule has 0 bridgehead atoms. The van der Waals surface area contributed by atoms with E-state index in [1.807, 2.05) is 24.4 Å². The number of benzene rings is 2. The number of piperazine rings is 1.